The third kappa shape index (κ3) is 2.88. The van der Waals surface area contributed by atoms with Gasteiger partial charge in [-0.25, -0.2) is 0 Å². The Bertz CT molecular complexity index is 423. The van der Waals surface area contributed by atoms with Gasteiger partial charge in [0.1, 0.15) is 12.4 Å². The van der Waals surface area contributed by atoms with Crippen LogP contribution in [0.2, 0.25) is 0 Å². The van der Waals surface area contributed by atoms with Crippen molar-refractivity contribution in [2.24, 2.45) is 0 Å². The predicted molar refractivity (Wildman–Crippen MR) is 75.5 cm³/mol. The van der Waals surface area contributed by atoms with Crippen molar-refractivity contribution in [1.82, 2.24) is 0 Å². The van der Waals surface area contributed by atoms with Crippen LogP contribution in [0.4, 0.5) is 0 Å². The van der Waals surface area contributed by atoms with E-state index in [-0.39, 0.29) is 18.5 Å². The summed E-state index contributed by atoms with van der Waals surface area (Å²) < 4.78 is 11.6. The number of allylic oxidation sites excluding steroid dienone is 1. The number of benzene rings is 1. The van der Waals surface area contributed by atoms with Crippen molar-refractivity contribution in [2.45, 2.75) is 31.8 Å². The molecule has 18 heavy (non-hydrogen) atoms. The molecule has 2 aliphatic rings. The first-order chi connectivity index (χ1) is 8.43. The van der Waals surface area contributed by atoms with Gasteiger partial charge in [0.05, 0.1) is 6.10 Å². The van der Waals surface area contributed by atoms with Crippen LogP contribution in [0.5, 0.6) is 5.75 Å². The fourth-order valence-corrected chi connectivity index (χ4v) is 2.52. The zero-order valence-electron chi connectivity index (χ0n) is 10.4. The van der Waals surface area contributed by atoms with E-state index in [1.54, 1.807) is 0 Å². The van der Waals surface area contributed by atoms with E-state index in [1.807, 2.05) is 0 Å². The second-order valence-corrected chi connectivity index (χ2v) is 4.73. The molecule has 0 radical (unpaired) electrons. The van der Waals surface area contributed by atoms with Crippen LogP contribution in [0.15, 0.2) is 24.3 Å². The van der Waals surface area contributed by atoms with E-state index >= 15 is 0 Å². The Labute approximate surface area is 114 Å². The normalized spacial score (nSPS) is 21.2. The molecule has 1 saturated heterocycles. The second kappa shape index (κ2) is 6.26. The van der Waals surface area contributed by atoms with Gasteiger partial charge in [-0.3, -0.25) is 0 Å². The van der Waals surface area contributed by atoms with Crippen LogP contribution in [-0.4, -0.2) is 19.3 Å². The molecule has 98 valence electrons. The standard InChI is InChI=1S/C15H18O2.ClH/c1-2-10-16-13(7-1)11-17-15-9-4-6-12-5-3-8-14(12)15;/h3-6,9,13H,1-2,7-8,10-11H2;1H. The summed E-state index contributed by atoms with van der Waals surface area (Å²) in [6, 6.07) is 6.27. The van der Waals surface area contributed by atoms with E-state index < -0.39 is 0 Å². The highest BCUT2D eigenvalue weighted by molar-refractivity contribution is 5.85. The lowest BCUT2D eigenvalue weighted by molar-refractivity contribution is -0.0112. The van der Waals surface area contributed by atoms with Gasteiger partial charge in [0.15, 0.2) is 0 Å². The summed E-state index contributed by atoms with van der Waals surface area (Å²) in [4.78, 5) is 0. The molecule has 1 aliphatic heterocycles. The lowest BCUT2D eigenvalue weighted by atomic mass is 10.1. The summed E-state index contributed by atoms with van der Waals surface area (Å²) >= 11 is 0. The van der Waals surface area contributed by atoms with Gasteiger partial charge in [-0.2, -0.15) is 0 Å². The summed E-state index contributed by atoms with van der Waals surface area (Å²) in [6.45, 7) is 1.58. The van der Waals surface area contributed by atoms with Crippen molar-refractivity contribution in [1.29, 1.82) is 0 Å². The molecule has 0 aromatic heterocycles. The van der Waals surface area contributed by atoms with Gasteiger partial charge in [-0.05, 0) is 37.3 Å². The molecule has 1 aliphatic carbocycles. The summed E-state index contributed by atoms with van der Waals surface area (Å²) in [5, 5.41) is 0. The predicted octanol–water partition coefficient (Wildman–Crippen LogP) is 3.63. The minimum absolute atomic E-state index is 0. The van der Waals surface area contributed by atoms with E-state index in [0.717, 1.165) is 25.2 Å². The Kier molecular flexibility index (Phi) is 4.67. The average molecular weight is 267 g/mol. The smallest absolute Gasteiger partial charge is 0.123 e. The maximum Gasteiger partial charge on any atom is 0.123 e. The lowest BCUT2D eigenvalue weighted by Gasteiger charge is -2.23. The summed E-state index contributed by atoms with van der Waals surface area (Å²) in [5.74, 6) is 1.03. The number of hydrogen-bond donors (Lipinski definition) is 0. The molecule has 3 rings (SSSR count). The van der Waals surface area contributed by atoms with Crippen molar-refractivity contribution in [2.75, 3.05) is 13.2 Å². The lowest BCUT2D eigenvalue weighted by Crippen LogP contribution is -2.26. The maximum atomic E-state index is 5.92. The van der Waals surface area contributed by atoms with Gasteiger partial charge in [0.2, 0.25) is 0 Å². The molecule has 0 amide bonds. The highest BCUT2D eigenvalue weighted by atomic mass is 35.5. The van der Waals surface area contributed by atoms with E-state index in [9.17, 15) is 0 Å². The Morgan fingerprint density at radius 2 is 2.22 bits per heavy atom. The monoisotopic (exact) mass is 266 g/mol. The zero-order valence-corrected chi connectivity index (χ0v) is 11.2. The van der Waals surface area contributed by atoms with E-state index in [0.29, 0.717) is 6.61 Å². The fraction of sp³-hybridized carbons (Fsp3) is 0.467. The third-order valence-electron chi connectivity index (χ3n) is 3.49. The highest BCUT2D eigenvalue weighted by Gasteiger charge is 2.16. The van der Waals surface area contributed by atoms with Crippen molar-refractivity contribution in [3.05, 3.63) is 35.4 Å². The molecule has 1 atom stereocenters. The van der Waals surface area contributed by atoms with Crippen LogP contribution < -0.4 is 4.74 Å². The van der Waals surface area contributed by atoms with Gasteiger partial charge < -0.3 is 9.47 Å². The van der Waals surface area contributed by atoms with Crippen molar-refractivity contribution >= 4 is 18.5 Å². The molecule has 2 nitrogen and oxygen atoms in total. The number of rotatable bonds is 3. The molecule has 1 fully saturated rings. The van der Waals surface area contributed by atoms with Gasteiger partial charge in [-0.15, -0.1) is 12.4 Å². The van der Waals surface area contributed by atoms with Crippen LogP contribution in [0.3, 0.4) is 0 Å². The fourth-order valence-electron chi connectivity index (χ4n) is 2.52. The molecular weight excluding hydrogens is 248 g/mol. The molecule has 0 spiro atoms. The van der Waals surface area contributed by atoms with E-state index in [2.05, 4.69) is 30.4 Å². The van der Waals surface area contributed by atoms with Crippen LogP contribution in [0, 0.1) is 0 Å². The topological polar surface area (TPSA) is 18.5 Å². The van der Waals surface area contributed by atoms with E-state index in [4.69, 9.17) is 9.47 Å². The Hall–Kier alpha value is -0.990. The minimum Gasteiger partial charge on any atom is -0.491 e. The Morgan fingerprint density at radius 1 is 1.28 bits per heavy atom. The largest absolute Gasteiger partial charge is 0.491 e. The number of fused-ring (bicyclic) bond motifs is 1. The van der Waals surface area contributed by atoms with Crippen LogP contribution in [0.25, 0.3) is 6.08 Å². The number of halogens is 1. The quantitative estimate of drug-likeness (QED) is 0.832. The molecule has 0 N–H and O–H groups in total. The first kappa shape index (κ1) is 13.4. The second-order valence-electron chi connectivity index (χ2n) is 4.73. The van der Waals surface area contributed by atoms with Crippen molar-refractivity contribution in [3.8, 4) is 5.75 Å². The van der Waals surface area contributed by atoms with Gasteiger partial charge in [0.25, 0.3) is 0 Å². The first-order valence-corrected chi connectivity index (χ1v) is 6.46. The van der Waals surface area contributed by atoms with Crippen LogP contribution in [-0.2, 0) is 11.2 Å². The Morgan fingerprint density at radius 3 is 3.06 bits per heavy atom. The van der Waals surface area contributed by atoms with Crippen molar-refractivity contribution in [3.63, 3.8) is 0 Å². The SMILES string of the molecule is C1=Cc2cccc(OCC3CCCCO3)c2C1.Cl. The van der Waals surface area contributed by atoms with E-state index in [1.165, 1.54) is 24.0 Å². The van der Waals surface area contributed by atoms with Gasteiger partial charge in [0, 0.05) is 12.2 Å². The minimum atomic E-state index is 0. The third-order valence-corrected chi connectivity index (χ3v) is 3.49. The summed E-state index contributed by atoms with van der Waals surface area (Å²) in [6.07, 6.45) is 9.23. The van der Waals surface area contributed by atoms with Crippen LogP contribution >= 0.6 is 12.4 Å². The Balaban J connectivity index is 0.00000120. The molecule has 1 aromatic carbocycles. The molecule has 0 bridgehead atoms. The van der Waals surface area contributed by atoms with Crippen molar-refractivity contribution < 1.29 is 9.47 Å². The molecular formula is C15H19ClO2. The maximum absolute atomic E-state index is 5.92. The number of ether oxygens (including phenoxy) is 2. The zero-order chi connectivity index (χ0) is 11.5. The molecule has 0 saturated carbocycles. The molecule has 1 heterocycles. The molecule has 1 unspecified atom stereocenters. The van der Waals surface area contributed by atoms with Gasteiger partial charge in [-0.1, -0.05) is 24.3 Å². The highest BCUT2D eigenvalue weighted by Crippen LogP contribution is 2.29. The number of hydrogen-bond acceptors (Lipinski definition) is 2. The summed E-state index contributed by atoms with van der Waals surface area (Å²) in [7, 11) is 0. The first-order valence-electron chi connectivity index (χ1n) is 6.46. The van der Waals surface area contributed by atoms with Crippen LogP contribution in [0.1, 0.15) is 30.4 Å². The average Bonchev–Trinajstić information content (AvgIpc) is 2.86. The molecule has 1 aromatic rings. The summed E-state index contributed by atoms with van der Waals surface area (Å²) in [5.41, 5.74) is 2.62. The van der Waals surface area contributed by atoms with Gasteiger partial charge >= 0.3 is 0 Å². The molecule has 3 heteroatoms.